The molecule has 0 bridgehead atoms. The number of aromatic nitrogens is 4. The predicted octanol–water partition coefficient (Wildman–Crippen LogP) is 0.683. The number of hydrogen-bond donors (Lipinski definition) is 1. The Hall–Kier alpha value is -1.37. The number of fused-ring (bicyclic) bond motifs is 1. The van der Waals surface area contributed by atoms with E-state index in [1.807, 2.05) is 16.3 Å². The van der Waals surface area contributed by atoms with Crippen LogP contribution in [0.1, 0.15) is 19.0 Å². The van der Waals surface area contributed by atoms with E-state index in [2.05, 4.69) is 17.0 Å². The minimum atomic E-state index is -0.838. The zero-order chi connectivity index (χ0) is 13.3. The third kappa shape index (κ3) is 2.27. The van der Waals surface area contributed by atoms with E-state index in [1.165, 1.54) is 0 Å². The Bertz CT molecular complexity index is 586. The standard InChI is InChI=1S/C11H19N5OS/c1-4-5-8-9-10(15(2)14-8)16(11(12)13-9)6-7-18(3)17/h4-7H2,1-3H3,(H2,12,13). The first kappa shape index (κ1) is 13.1. The maximum atomic E-state index is 11.2. The molecule has 2 N–H and O–H groups in total. The van der Waals surface area contributed by atoms with E-state index in [4.69, 9.17) is 5.73 Å². The van der Waals surface area contributed by atoms with Gasteiger partial charge in [-0.3, -0.25) is 13.5 Å². The lowest BCUT2D eigenvalue weighted by atomic mass is 10.2. The van der Waals surface area contributed by atoms with Crippen molar-refractivity contribution in [3.05, 3.63) is 5.69 Å². The summed E-state index contributed by atoms with van der Waals surface area (Å²) in [4.78, 5) is 4.39. The van der Waals surface area contributed by atoms with Gasteiger partial charge in [0.25, 0.3) is 0 Å². The molecule has 0 radical (unpaired) electrons. The lowest BCUT2D eigenvalue weighted by Gasteiger charge is -2.05. The summed E-state index contributed by atoms with van der Waals surface area (Å²) in [7, 11) is 1.05. The molecule has 0 spiro atoms. The van der Waals surface area contributed by atoms with E-state index in [1.54, 1.807) is 6.26 Å². The average molecular weight is 269 g/mol. The number of nitrogens with two attached hydrogens (primary N) is 1. The third-order valence-electron chi connectivity index (χ3n) is 2.91. The van der Waals surface area contributed by atoms with Gasteiger partial charge in [-0.2, -0.15) is 5.10 Å². The van der Waals surface area contributed by atoms with Crippen molar-refractivity contribution >= 4 is 27.9 Å². The van der Waals surface area contributed by atoms with Crippen molar-refractivity contribution in [3.8, 4) is 0 Å². The van der Waals surface area contributed by atoms with Crippen molar-refractivity contribution in [2.75, 3.05) is 17.7 Å². The topological polar surface area (TPSA) is 78.7 Å². The van der Waals surface area contributed by atoms with Gasteiger partial charge < -0.3 is 5.73 Å². The van der Waals surface area contributed by atoms with Crippen LogP contribution in [0, 0.1) is 0 Å². The lowest BCUT2D eigenvalue weighted by molar-refractivity contribution is 0.673. The van der Waals surface area contributed by atoms with Crippen LogP contribution in [0.5, 0.6) is 0 Å². The second-order valence-electron chi connectivity index (χ2n) is 4.39. The van der Waals surface area contributed by atoms with Crippen molar-refractivity contribution in [1.82, 2.24) is 19.3 Å². The summed E-state index contributed by atoms with van der Waals surface area (Å²) in [5.41, 5.74) is 8.71. The van der Waals surface area contributed by atoms with Crippen molar-refractivity contribution in [2.24, 2.45) is 7.05 Å². The molecule has 0 saturated carbocycles. The molecule has 2 heterocycles. The molecule has 0 aliphatic rings. The van der Waals surface area contributed by atoms with Gasteiger partial charge in [0.15, 0.2) is 5.65 Å². The minimum absolute atomic E-state index is 0.473. The van der Waals surface area contributed by atoms with Crippen molar-refractivity contribution in [3.63, 3.8) is 0 Å². The molecule has 18 heavy (non-hydrogen) atoms. The Morgan fingerprint density at radius 3 is 2.78 bits per heavy atom. The highest BCUT2D eigenvalue weighted by Gasteiger charge is 2.17. The molecule has 0 fully saturated rings. The van der Waals surface area contributed by atoms with Gasteiger partial charge in [0.05, 0.1) is 5.69 Å². The number of aryl methyl sites for hydroxylation is 3. The molecule has 0 amide bonds. The normalized spacial score (nSPS) is 13.3. The van der Waals surface area contributed by atoms with Gasteiger partial charge >= 0.3 is 0 Å². The van der Waals surface area contributed by atoms with Gasteiger partial charge in [0, 0.05) is 36.4 Å². The van der Waals surface area contributed by atoms with Crippen LogP contribution in [0.4, 0.5) is 5.95 Å². The number of rotatable bonds is 5. The van der Waals surface area contributed by atoms with Crippen LogP contribution < -0.4 is 5.73 Å². The van der Waals surface area contributed by atoms with Gasteiger partial charge in [0.2, 0.25) is 5.95 Å². The monoisotopic (exact) mass is 269 g/mol. The van der Waals surface area contributed by atoms with Crippen LogP contribution in [0.15, 0.2) is 0 Å². The van der Waals surface area contributed by atoms with Crippen LogP contribution >= 0.6 is 0 Å². The molecule has 2 rings (SSSR count). The largest absolute Gasteiger partial charge is 0.369 e. The highest BCUT2D eigenvalue weighted by molar-refractivity contribution is 7.84. The zero-order valence-electron chi connectivity index (χ0n) is 11.0. The highest BCUT2D eigenvalue weighted by atomic mass is 32.2. The van der Waals surface area contributed by atoms with Crippen molar-refractivity contribution in [1.29, 1.82) is 0 Å². The highest BCUT2D eigenvalue weighted by Crippen LogP contribution is 2.21. The summed E-state index contributed by atoms with van der Waals surface area (Å²) in [5, 5.41) is 4.47. The quantitative estimate of drug-likeness (QED) is 0.866. The molecule has 0 aliphatic carbocycles. The van der Waals surface area contributed by atoms with E-state index in [-0.39, 0.29) is 0 Å². The van der Waals surface area contributed by atoms with E-state index >= 15 is 0 Å². The smallest absolute Gasteiger partial charge is 0.202 e. The molecule has 1 unspecified atom stereocenters. The number of imidazole rings is 1. The minimum Gasteiger partial charge on any atom is -0.369 e. The molecule has 2 aromatic rings. The summed E-state index contributed by atoms with van der Waals surface area (Å²) in [6.45, 7) is 2.72. The van der Waals surface area contributed by atoms with E-state index in [0.29, 0.717) is 18.2 Å². The fourth-order valence-electron chi connectivity index (χ4n) is 2.10. The maximum absolute atomic E-state index is 11.2. The Morgan fingerprint density at radius 1 is 1.44 bits per heavy atom. The van der Waals surface area contributed by atoms with E-state index < -0.39 is 10.8 Å². The summed E-state index contributed by atoms with van der Waals surface area (Å²) in [6.07, 6.45) is 3.61. The zero-order valence-corrected chi connectivity index (χ0v) is 11.8. The number of nitrogens with zero attached hydrogens (tertiary/aromatic N) is 4. The molecule has 0 saturated heterocycles. The van der Waals surface area contributed by atoms with Gasteiger partial charge in [0.1, 0.15) is 5.52 Å². The van der Waals surface area contributed by atoms with Crippen LogP contribution in [0.3, 0.4) is 0 Å². The SMILES string of the molecule is CCCc1nn(C)c2c1nc(N)n2CCS(C)=O. The fourth-order valence-corrected chi connectivity index (χ4v) is 2.54. The second-order valence-corrected chi connectivity index (χ2v) is 5.95. The molecule has 1 atom stereocenters. The molecule has 6 nitrogen and oxygen atoms in total. The average Bonchev–Trinajstić information content (AvgIpc) is 2.76. The van der Waals surface area contributed by atoms with E-state index in [0.717, 1.165) is 29.7 Å². The summed E-state index contributed by atoms with van der Waals surface area (Å²) in [6, 6.07) is 0. The lowest BCUT2D eigenvalue weighted by Crippen LogP contribution is -2.11. The first-order valence-corrected chi connectivity index (χ1v) is 7.75. The Labute approximate surface area is 109 Å². The van der Waals surface area contributed by atoms with Gasteiger partial charge in [-0.05, 0) is 6.42 Å². The second kappa shape index (κ2) is 5.09. The Kier molecular flexibility index (Phi) is 3.70. The Morgan fingerprint density at radius 2 is 2.17 bits per heavy atom. The number of nitrogen functional groups attached to an aromatic ring is 1. The van der Waals surface area contributed by atoms with Gasteiger partial charge in [-0.15, -0.1) is 0 Å². The molecule has 7 heteroatoms. The predicted molar refractivity (Wildman–Crippen MR) is 73.8 cm³/mol. The van der Waals surface area contributed by atoms with Crippen LogP contribution in [-0.4, -0.2) is 35.5 Å². The number of hydrogen-bond acceptors (Lipinski definition) is 4. The fraction of sp³-hybridized carbons (Fsp3) is 0.636. The molecular weight excluding hydrogens is 250 g/mol. The van der Waals surface area contributed by atoms with Gasteiger partial charge in [-0.25, -0.2) is 4.98 Å². The maximum Gasteiger partial charge on any atom is 0.202 e. The van der Waals surface area contributed by atoms with Crippen LogP contribution in [0.2, 0.25) is 0 Å². The summed E-state index contributed by atoms with van der Waals surface area (Å²) >= 11 is 0. The summed E-state index contributed by atoms with van der Waals surface area (Å²) in [5.74, 6) is 1.05. The molecule has 0 aliphatic heterocycles. The molecular formula is C11H19N5OS. The Balaban J connectivity index is 2.46. The van der Waals surface area contributed by atoms with Crippen LogP contribution in [-0.2, 0) is 30.8 Å². The molecule has 100 valence electrons. The molecule has 0 aromatic carbocycles. The van der Waals surface area contributed by atoms with Crippen LogP contribution in [0.25, 0.3) is 11.2 Å². The first-order valence-electron chi connectivity index (χ1n) is 6.02. The third-order valence-corrected chi connectivity index (χ3v) is 3.67. The number of anilines is 1. The molecule has 2 aromatic heterocycles. The first-order chi connectivity index (χ1) is 8.54. The van der Waals surface area contributed by atoms with Crippen molar-refractivity contribution in [2.45, 2.75) is 26.3 Å². The van der Waals surface area contributed by atoms with E-state index in [9.17, 15) is 4.21 Å². The van der Waals surface area contributed by atoms with Crippen molar-refractivity contribution < 1.29 is 4.21 Å². The van der Waals surface area contributed by atoms with Gasteiger partial charge in [-0.1, -0.05) is 13.3 Å². The summed E-state index contributed by atoms with van der Waals surface area (Å²) < 4.78 is 14.9.